The van der Waals surface area contributed by atoms with Crippen molar-refractivity contribution in [3.63, 3.8) is 0 Å². The van der Waals surface area contributed by atoms with E-state index in [-0.39, 0.29) is 5.97 Å². The van der Waals surface area contributed by atoms with Gasteiger partial charge < -0.3 is 9.75 Å². The lowest BCUT2D eigenvalue weighted by molar-refractivity contribution is -0.132. The van der Waals surface area contributed by atoms with Gasteiger partial charge in [0.2, 0.25) is 0 Å². The molecule has 0 aromatic heterocycles. The molecule has 0 rings (SSSR count). The minimum Gasteiger partial charge on any atom is -0.464 e. The fraction of sp³-hybridized carbons (Fsp3) is 0.714. The van der Waals surface area contributed by atoms with E-state index in [0.717, 1.165) is 0 Å². The van der Waals surface area contributed by atoms with Crippen molar-refractivity contribution < 1.29 is 9.53 Å². The minimum absolute atomic E-state index is 0.360. The highest BCUT2D eigenvalue weighted by molar-refractivity contribution is 6.36. The molecule has 64 valence electrons. The van der Waals surface area contributed by atoms with E-state index < -0.39 is 0 Å². The number of hydrogen-bond donors (Lipinski definition) is 0. The third-order valence-electron chi connectivity index (χ3n) is 1.08. The average Bonchev–Trinajstić information content (AvgIpc) is 1.98. The van der Waals surface area contributed by atoms with Gasteiger partial charge in [0.05, 0.1) is 7.11 Å². The first-order valence-electron chi connectivity index (χ1n) is 3.45. The number of rotatable bonds is 3. The number of carbonyl (C=O) groups is 1. The van der Waals surface area contributed by atoms with Gasteiger partial charge in [-0.25, -0.2) is 4.79 Å². The summed E-state index contributed by atoms with van der Waals surface area (Å²) in [4.78, 5) is 10.9. The van der Waals surface area contributed by atoms with Crippen LogP contribution in [-0.2, 0) is 9.53 Å². The van der Waals surface area contributed by atoms with Gasteiger partial charge in [0, 0.05) is 14.1 Å². The van der Waals surface area contributed by atoms with E-state index in [0.29, 0.717) is 12.1 Å². The molecular formula is C7H14N2O2. The van der Waals surface area contributed by atoms with Gasteiger partial charge in [-0.1, -0.05) is 6.92 Å². The summed E-state index contributed by atoms with van der Waals surface area (Å²) in [6.07, 6.45) is 0.588. The molecule has 4 nitrogen and oxygen atoms in total. The van der Waals surface area contributed by atoms with E-state index in [4.69, 9.17) is 0 Å². The van der Waals surface area contributed by atoms with Crippen LogP contribution in [-0.4, -0.2) is 37.9 Å². The molecule has 0 unspecified atom stereocenters. The molecule has 0 atom stereocenters. The summed E-state index contributed by atoms with van der Waals surface area (Å²) in [5.74, 6) is -0.360. The molecule has 0 fully saturated rings. The van der Waals surface area contributed by atoms with Crippen LogP contribution in [0, 0.1) is 0 Å². The van der Waals surface area contributed by atoms with Crippen molar-refractivity contribution in [3.8, 4) is 0 Å². The number of nitrogens with zero attached hydrogens (tertiary/aromatic N) is 2. The highest BCUT2D eigenvalue weighted by Gasteiger charge is 2.08. The molecule has 4 heteroatoms. The number of methoxy groups -OCH3 is 1. The van der Waals surface area contributed by atoms with E-state index in [9.17, 15) is 4.79 Å². The normalized spacial score (nSPS) is 11.1. The summed E-state index contributed by atoms with van der Waals surface area (Å²) in [5, 5.41) is 5.52. The summed E-state index contributed by atoms with van der Waals surface area (Å²) >= 11 is 0. The largest absolute Gasteiger partial charge is 0.464 e. The number of hydrogen-bond acceptors (Lipinski definition) is 4. The van der Waals surface area contributed by atoms with Gasteiger partial charge >= 0.3 is 5.97 Å². The van der Waals surface area contributed by atoms with Crippen LogP contribution in [0.2, 0.25) is 0 Å². The Hall–Kier alpha value is -1.06. The van der Waals surface area contributed by atoms with Crippen molar-refractivity contribution >= 4 is 11.7 Å². The first kappa shape index (κ1) is 9.94. The predicted octanol–water partition coefficient (Wildman–Crippen LogP) is 0.487. The fourth-order valence-electron chi connectivity index (χ4n) is 0.615. The predicted molar refractivity (Wildman–Crippen MR) is 43.4 cm³/mol. The quantitative estimate of drug-likeness (QED) is 0.341. The van der Waals surface area contributed by atoms with Crippen LogP contribution in [0.25, 0.3) is 0 Å². The Morgan fingerprint density at radius 3 is 2.36 bits per heavy atom. The molecule has 0 aliphatic rings. The molecular weight excluding hydrogens is 144 g/mol. The Labute approximate surface area is 66.8 Å². The van der Waals surface area contributed by atoms with E-state index in [2.05, 4.69) is 9.84 Å². The van der Waals surface area contributed by atoms with Crippen molar-refractivity contribution in [2.45, 2.75) is 13.3 Å². The fourth-order valence-corrected chi connectivity index (χ4v) is 0.615. The van der Waals surface area contributed by atoms with Crippen LogP contribution in [0.4, 0.5) is 0 Å². The van der Waals surface area contributed by atoms with Crippen molar-refractivity contribution in [3.05, 3.63) is 0 Å². The Balaban J connectivity index is 4.27. The Kier molecular flexibility index (Phi) is 4.26. The highest BCUT2D eigenvalue weighted by atomic mass is 16.5. The minimum atomic E-state index is -0.360. The van der Waals surface area contributed by atoms with Gasteiger partial charge in [-0.2, -0.15) is 5.10 Å². The number of carbonyl (C=O) groups excluding carboxylic acids is 1. The van der Waals surface area contributed by atoms with E-state index in [1.54, 1.807) is 19.1 Å². The monoisotopic (exact) mass is 158 g/mol. The molecule has 0 spiro atoms. The second-order valence-corrected chi connectivity index (χ2v) is 2.24. The summed E-state index contributed by atoms with van der Waals surface area (Å²) < 4.78 is 4.51. The number of ether oxygens (including phenoxy) is 1. The van der Waals surface area contributed by atoms with Gasteiger partial charge in [0.1, 0.15) is 5.71 Å². The lowest BCUT2D eigenvalue weighted by Gasteiger charge is -2.06. The molecule has 0 aromatic carbocycles. The van der Waals surface area contributed by atoms with Gasteiger partial charge in [-0.05, 0) is 6.42 Å². The summed E-state index contributed by atoms with van der Waals surface area (Å²) in [6.45, 7) is 1.86. The van der Waals surface area contributed by atoms with Crippen molar-refractivity contribution in [1.29, 1.82) is 0 Å². The topological polar surface area (TPSA) is 41.9 Å². The van der Waals surface area contributed by atoms with Crippen LogP contribution in [0.3, 0.4) is 0 Å². The smallest absolute Gasteiger partial charge is 0.354 e. The summed E-state index contributed by atoms with van der Waals surface area (Å²) in [6, 6.07) is 0. The first-order valence-corrected chi connectivity index (χ1v) is 3.45. The Morgan fingerprint density at radius 2 is 2.09 bits per heavy atom. The SMILES string of the molecule is CC/C(=N\N(C)C)C(=O)OC. The maximum absolute atomic E-state index is 10.9. The van der Waals surface area contributed by atoms with Gasteiger partial charge in [-0.3, -0.25) is 0 Å². The van der Waals surface area contributed by atoms with E-state index in [1.165, 1.54) is 7.11 Å². The Morgan fingerprint density at radius 1 is 1.55 bits per heavy atom. The van der Waals surface area contributed by atoms with Crippen molar-refractivity contribution in [1.82, 2.24) is 5.01 Å². The van der Waals surface area contributed by atoms with Crippen LogP contribution in [0.15, 0.2) is 5.10 Å². The zero-order valence-electron chi connectivity index (χ0n) is 7.42. The molecule has 0 heterocycles. The second kappa shape index (κ2) is 4.71. The second-order valence-electron chi connectivity index (χ2n) is 2.24. The molecule has 11 heavy (non-hydrogen) atoms. The number of hydrazone groups is 1. The molecule has 0 N–H and O–H groups in total. The zero-order chi connectivity index (χ0) is 8.85. The van der Waals surface area contributed by atoms with Crippen molar-refractivity contribution in [2.75, 3.05) is 21.2 Å². The zero-order valence-corrected chi connectivity index (χ0v) is 7.42. The highest BCUT2D eigenvalue weighted by Crippen LogP contribution is 1.90. The lowest BCUT2D eigenvalue weighted by atomic mass is 10.3. The maximum Gasteiger partial charge on any atom is 0.354 e. The van der Waals surface area contributed by atoms with E-state index >= 15 is 0 Å². The van der Waals surface area contributed by atoms with Gasteiger partial charge in [0.25, 0.3) is 0 Å². The van der Waals surface area contributed by atoms with Gasteiger partial charge in [0.15, 0.2) is 0 Å². The third-order valence-corrected chi connectivity index (χ3v) is 1.08. The first-order chi connectivity index (χ1) is 5.11. The summed E-state index contributed by atoms with van der Waals surface area (Å²) in [7, 11) is 4.88. The van der Waals surface area contributed by atoms with E-state index in [1.807, 2.05) is 6.92 Å². The van der Waals surface area contributed by atoms with Crippen LogP contribution < -0.4 is 0 Å². The molecule has 0 saturated heterocycles. The average molecular weight is 158 g/mol. The maximum atomic E-state index is 10.9. The third kappa shape index (κ3) is 3.60. The number of esters is 1. The molecule has 0 radical (unpaired) electrons. The van der Waals surface area contributed by atoms with Gasteiger partial charge in [-0.15, -0.1) is 0 Å². The standard InChI is InChI=1S/C7H14N2O2/c1-5-6(7(10)11-4)8-9(2)3/h5H2,1-4H3/b8-6+. The van der Waals surface area contributed by atoms with Crippen LogP contribution in [0.5, 0.6) is 0 Å². The molecule has 0 aliphatic carbocycles. The molecule has 0 bridgehead atoms. The lowest BCUT2D eigenvalue weighted by Crippen LogP contribution is -2.18. The van der Waals surface area contributed by atoms with Crippen LogP contribution in [0.1, 0.15) is 13.3 Å². The molecule has 0 amide bonds. The Bertz CT molecular complexity index is 164. The molecule has 0 aromatic rings. The van der Waals surface area contributed by atoms with Crippen molar-refractivity contribution in [2.24, 2.45) is 5.10 Å². The van der Waals surface area contributed by atoms with Crippen LogP contribution >= 0.6 is 0 Å². The summed E-state index contributed by atoms with van der Waals surface area (Å²) in [5.41, 5.74) is 0.442. The molecule has 0 aliphatic heterocycles. The molecule has 0 saturated carbocycles.